The van der Waals surface area contributed by atoms with E-state index in [9.17, 15) is 19.6 Å². The highest BCUT2D eigenvalue weighted by Crippen LogP contribution is 2.39. The molecule has 4 aromatic rings. The summed E-state index contributed by atoms with van der Waals surface area (Å²) in [6, 6.07) is 21.1. The summed E-state index contributed by atoms with van der Waals surface area (Å²) in [7, 11) is 0. The van der Waals surface area contributed by atoms with Gasteiger partial charge in [-0.05, 0) is 110 Å². The minimum absolute atomic E-state index is 0.0760. The minimum atomic E-state index is -0.572. The monoisotopic (exact) mass is 983 g/mol. The average molecular weight is 985 g/mol. The summed E-state index contributed by atoms with van der Waals surface area (Å²) >= 11 is 17.0. The second-order valence-corrected chi connectivity index (χ2v) is 19.7. The van der Waals surface area contributed by atoms with Crippen molar-refractivity contribution in [2.75, 3.05) is 81.7 Å². The molecule has 1 atom stereocenters. The Balaban J connectivity index is 0.801. The zero-order valence-corrected chi connectivity index (χ0v) is 42.0. The van der Waals surface area contributed by atoms with Crippen LogP contribution in [0.2, 0.25) is 5.02 Å². The maximum atomic E-state index is 13.3. The number of rotatable bonds is 22. The first kappa shape index (κ1) is 50.9. The molecule has 0 radical (unpaired) electrons. The number of nitrogens with one attached hydrogen (secondary N) is 1. The van der Waals surface area contributed by atoms with Crippen LogP contribution in [0.1, 0.15) is 98.1 Å². The Morgan fingerprint density at radius 2 is 1.75 bits per heavy atom. The van der Waals surface area contributed by atoms with Crippen LogP contribution in [-0.4, -0.2) is 124 Å². The number of ether oxygens (including phenoxy) is 2. The van der Waals surface area contributed by atoms with Crippen LogP contribution >= 0.6 is 36.0 Å². The molecule has 3 aliphatic rings. The number of piperazine rings is 1. The van der Waals surface area contributed by atoms with Crippen molar-refractivity contribution in [1.82, 2.24) is 29.1 Å². The number of aromatic nitrogens is 2. The summed E-state index contributed by atoms with van der Waals surface area (Å²) < 4.78 is 13.5. The van der Waals surface area contributed by atoms with E-state index in [-0.39, 0.29) is 30.7 Å². The lowest BCUT2D eigenvalue weighted by Gasteiger charge is -2.39. The number of alkyl halides is 1. The van der Waals surface area contributed by atoms with Crippen molar-refractivity contribution >= 4 is 65.1 Å². The summed E-state index contributed by atoms with van der Waals surface area (Å²) in [5.74, 6) is 2.36. The average Bonchev–Trinajstić information content (AvgIpc) is 3.67. The third-order valence-corrected chi connectivity index (χ3v) is 14.3. The van der Waals surface area contributed by atoms with Crippen molar-refractivity contribution < 1.29 is 23.9 Å². The number of benzene rings is 3. The summed E-state index contributed by atoms with van der Waals surface area (Å²) in [6.45, 7) is 17.0. The fourth-order valence-corrected chi connectivity index (χ4v) is 9.86. The molecule has 4 heterocycles. The number of amides is 1. The van der Waals surface area contributed by atoms with Gasteiger partial charge in [0.05, 0.1) is 28.2 Å². The second kappa shape index (κ2) is 23.6. The van der Waals surface area contributed by atoms with Crippen molar-refractivity contribution in [2.24, 2.45) is 5.92 Å². The van der Waals surface area contributed by atoms with E-state index >= 15 is 0 Å². The highest BCUT2D eigenvalue weighted by Gasteiger charge is 2.36. The van der Waals surface area contributed by atoms with E-state index in [2.05, 4.69) is 68.9 Å². The van der Waals surface area contributed by atoms with Crippen LogP contribution in [0, 0.1) is 17.2 Å². The number of nitrogens with zero attached hydrogens (tertiary/aromatic N) is 8. The fraction of sp³-hybridized carbons (Fsp3) is 0.490. The van der Waals surface area contributed by atoms with E-state index in [4.69, 9.17) is 32.7 Å². The van der Waals surface area contributed by atoms with Crippen molar-refractivity contribution in [1.29, 1.82) is 5.26 Å². The molecule has 362 valence electrons. The number of carbonyl (C=O) groups excluding carboxylic acids is 3. The molecule has 7 rings (SSSR count). The largest absolute Gasteiger partial charge is 0.489 e. The molecular formula is C51H63Cl2N9O5S. The zero-order valence-electron chi connectivity index (χ0n) is 39.6. The van der Waals surface area contributed by atoms with Crippen LogP contribution in [0.25, 0.3) is 0 Å². The summed E-state index contributed by atoms with van der Waals surface area (Å²) in [4.78, 5) is 56.0. The lowest BCUT2D eigenvalue weighted by molar-refractivity contribution is -0.122. The van der Waals surface area contributed by atoms with Gasteiger partial charge in [0, 0.05) is 88.1 Å². The van der Waals surface area contributed by atoms with Gasteiger partial charge in [0.15, 0.2) is 11.5 Å². The molecule has 0 aliphatic carbocycles. The molecule has 0 saturated carbocycles. The smallest absolute Gasteiger partial charge is 0.255 e. The van der Waals surface area contributed by atoms with Gasteiger partial charge in [0.2, 0.25) is 5.95 Å². The zero-order chi connectivity index (χ0) is 48.4. The summed E-state index contributed by atoms with van der Waals surface area (Å²) in [6.07, 6.45) is 5.15. The maximum absolute atomic E-state index is 13.3. The molecule has 1 aromatic heterocycles. The third-order valence-electron chi connectivity index (χ3n) is 13.6. The first-order valence-electron chi connectivity index (χ1n) is 23.6. The van der Waals surface area contributed by atoms with Gasteiger partial charge >= 0.3 is 0 Å². The molecular weight excluding hydrogens is 922 g/mol. The van der Waals surface area contributed by atoms with Gasteiger partial charge in [-0.3, -0.25) is 24.7 Å². The van der Waals surface area contributed by atoms with E-state index in [0.29, 0.717) is 77.7 Å². The fourth-order valence-electron chi connectivity index (χ4n) is 9.33. The van der Waals surface area contributed by atoms with Crippen molar-refractivity contribution in [2.45, 2.75) is 84.4 Å². The van der Waals surface area contributed by atoms with Gasteiger partial charge in [-0.2, -0.15) is 9.68 Å². The molecule has 14 nitrogen and oxygen atoms in total. The number of hydrazine groups is 1. The molecule has 0 spiro atoms. The Morgan fingerprint density at radius 1 is 1.00 bits per heavy atom. The number of hydrogen-bond acceptors (Lipinski definition) is 14. The number of likely N-dealkylation sites (tertiary alicyclic amines) is 1. The Labute approximate surface area is 416 Å². The van der Waals surface area contributed by atoms with Crippen molar-refractivity contribution in [3.8, 4) is 17.6 Å². The Hall–Kier alpha value is -4.95. The summed E-state index contributed by atoms with van der Waals surface area (Å²) in [5.41, 5.74) is 8.48. The molecule has 68 heavy (non-hydrogen) atoms. The van der Waals surface area contributed by atoms with Crippen molar-refractivity contribution in [3.63, 3.8) is 0 Å². The van der Waals surface area contributed by atoms with E-state index in [1.54, 1.807) is 15.5 Å². The lowest BCUT2D eigenvalue weighted by atomic mass is 9.77. The van der Waals surface area contributed by atoms with E-state index in [0.717, 1.165) is 93.3 Å². The van der Waals surface area contributed by atoms with Gasteiger partial charge in [-0.25, -0.2) is 9.97 Å². The first-order chi connectivity index (χ1) is 32.8. The van der Waals surface area contributed by atoms with Gasteiger partial charge < -0.3 is 24.2 Å². The van der Waals surface area contributed by atoms with Crippen LogP contribution < -0.4 is 19.8 Å². The lowest BCUT2D eigenvalue weighted by Crippen LogP contribution is -2.49. The van der Waals surface area contributed by atoms with Crippen LogP contribution in [0.4, 0.5) is 11.6 Å². The predicted octanol–water partition coefficient (Wildman–Crippen LogP) is 8.20. The van der Waals surface area contributed by atoms with Crippen LogP contribution in [0.3, 0.4) is 0 Å². The SMILES string of the molecule is CCC(=O)CCC(C(C)=O)N1Cc2cc(N3CCN(CC4CCN(CCN(S)Nc5nccc(COc6ccc(C(C)(C)c7cc(Cl)c(OCCCl)c(C#N)c7)cc6)n5)CC4)CC3)ccc2C1=O. The first-order valence-corrected chi connectivity index (χ1v) is 24.9. The van der Waals surface area contributed by atoms with Gasteiger partial charge in [0.25, 0.3) is 5.91 Å². The van der Waals surface area contributed by atoms with Gasteiger partial charge in [0.1, 0.15) is 30.8 Å². The second-order valence-electron chi connectivity index (χ2n) is 18.4. The molecule has 3 aliphatic heterocycles. The van der Waals surface area contributed by atoms with Crippen LogP contribution in [0.5, 0.6) is 11.5 Å². The number of piperidine rings is 1. The molecule has 1 unspecified atom stereocenters. The summed E-state index contributed by atoms with van der Waals surface area (Å²) in [5, 5.41) is 10.1. The Bertz CT molecular complexity index is 2440. The highest BCUT2D eigenvalue weighted by molar-refractivity contribution is 7.77. The Morgan fingerprint density at radius 3 is 2.44 bits per heavy atom. The number of halogens is 2. The number of Topliss-reactive ketones (excluding diaryl/α,β-unsaturated/α-hetero) is 2. The van der Waals surface area contributed by atoms with Crippen LogP contribution in [-0.2, 0) is 28.2 Å². The standard InChI is InChI=1S/C51H63Cl2N9O5S/c1-5-43(64)9-13-47(35(2)63)61-33-38-29-42(8-12-45(38)49(61)65)60-24-21-59(22-25-60)32-36-15-19-58(20-16-36)23-26-62(68)57-50-55-18-14-41(56-50)34-67-44-10-6-39(7-11-44)51(3,4)40-28-37(31-54)48(46(53)30-40)66-27-17-52/h6-8,10-12,14,18,28-30,36,47,68H,5,9,13,15-17,19-27,32-34H2,1-4H3,(H,55,56,57). The number of anilines is 2. The predicted molar refractivity (Wildman–Crippen MR) is 270 cm³/mol. The topological polar surface area (TPSA) is 147 Å². The number of thiol groups is 1. The minimum Gasteiger partial charge on any atom is -0.489 e. The normalized spacial score (nSPS) is 16.4. The molecule has 1 amide bonds. The number of fused-ring (bicyclic) bond motifs is 1. The number of nitriles is 1. The molecule has 3 aromatic carbocycles. The Kier molecular flexibility index (Phi) is 17.6. The molecule has 2 saturated heterocycles. The molecule has 1 N–H and O–H groups in total. The van der Waals surface area contributed by atoms with E-state index in [1.807, 2.05) is 61.5 Å². The molecule has 2 fully saturated rings. The maximum Gasteiger partial charge on any atom is 0.255 e. The molecule has 17 heteroatoms. The molecule has 0 bridgehead atoms. The van der Waals surface area contributed by atoms with Crippen molar-refractivity contribution in [3.05, 3.63) is 105 Å². The van der Waals surface area contributed by atoms with E-state index < -0.39 is 11.5 Å². The third kappa shape index (κ3) is 12.8. The van der Waals surface area contributed by atoms with Gasteiger partial charge in [-0.1, -0.05) is 57.3 Å². The number of hydrogen-bond donors (Lipinski definition) is 2. The van der Waals surface area contributed by atoms with Crippen LogP contribution in [0.15, 0.2) is 66.9 Å². The highest BCUT2D eigenvalue weighted by atomic mass is 35.5. The number of ketones is 2. The van der Waals surface area contributed by atoms with Gasteiger partial charge in [-0.15, -0.1) is 11.6 Å². The number of carbonyl (C=O) groups is 3. The quantitative estimate of drug-likeness (QED) is 0.0444. The van der Waals surface area contributed by atoms with E-state index in [1.165, 1.54) is 6.92 Å².